The molecule has 0 radical (unpaired) electrons. The minimum Gasteiger partial charge on any atom is -0.313 e. The maximum absolute atomic E-state index is 12.7. The Bertz CT molecular complexity index is 367. The molecule has 1 atom stereocenters. The number of rotatable bonds is 3. The zero-order valence-electron chi connectivity index (χ0n) is 9.47. The van der Waals surface area contributed by atoms with Crippen molar-refractivity contribution in [2.75, 3.05) is 0 Å². The van der Waals surface area contributed by atoms with Crippen LogP contribution in [0.15, 0.2) is 0 Å². The third-order valence-electron chi connectivity index (χ3n) is 2.44. The van der Waals surface area contributed by atoms with Crippen LogP contribution in [0.25, 0.3) is 0 Å². The fraction of sp³-hybridized carbons (Fsp3) is 0.778. The average Bonchev–Trinajstić information content (AvgIpc) is 2.47. The molecule has 0 spiro atoms. The lowest BCUT2D eigenvalue weighted by molar-refractivity contribution is -0.187. The standard InChI is InChI=1S/C9H15F3N4/c1-4-5-16-6(2)14-15-7(16)8(3,13)9(10,11)12/h4-5,13H2,1-3H3. The number of nitrogens with two attached hydrogens (primary N) is 1. The van der Waals surface area contributed by atoms with Crippen molar-refractivity contribution >= 4 is 0 Å². The normalized spacial score (nSPS) is 16.2. The second-order valence-electron chi connectivity index (χ2n) is 3.92. The van der Waals surface area contributed by atoms with E-state index in [4.69, 9.17) is 5.73 Å². The Morgan fingerprint density at radius 1 is 1.31 bits per heavy atom. The number of aryl methyl sites for hydroxylation is 1. The van der Waals surface area contributed by atoms with Crippen molar-refractivity contribution in [3.8, 4) is 0 Å². The minimum absolute atomic E-state index is 0.237. The van der Waals surface area contributed by atoms with Crippen LogP contribution in [0.5, 0.6) is 0 Å². The van der Waals surface area contributed by atoms with E-state index < -0.39 is 11.7 Å². The van der Waals surface area contributed by atoms with Crippen molar-refractivity contribution in [3.05, 3.63) is 11.6 Å². The average molecular weight is 236 g/mol. The monoisotopic (exact) mass is 236 g/mol. The fourth-order valence-electron chi connectivity index (χ4n) is 1.38. The van der Waals surface area contributed by atoms with E-state index in [0.717, 1.165) is 6.92 Å². The van der Waals surface area contributed by atoms with Crippen molar-refractivity contribution in [2.24, 2.45) is 5.73 Å². The van der Waals surface area contributed by atoms with E-state index >= 15 is 0 Å². The summed E-state index contributed by atoms with van der Waals surface area (Å²) in [4.78, 5) is 0. The van der Waals surface area contributed by atoms with Crippen LogP contribution in [-0.2, 0) is 12.1 Å². The van der Waals surface area contributed by atoms with Crippen LogP contribution in [0.1, 0.15) is 31.9 Å². The predicted molar refractivity (Wildman–Crippen MR) is 52.6 cm³/mol. The number of aromatic nitrogens is 3. The van der Waals surface area contributed by atoms with Gasteiger partial charge in [0.2, 0.25) is 0 Å². The Kier molecular flexibility index (Phi) is 3.27. The van der Waals surface area contributed by atoms with Crippen molar-refractivity contribution in [2.45, 2.75) is 45.5 Å². The van der Waals surface area contributed by atoms with Gasteiger partial charge in [0.05, 0.1) is 0 Å². The summed E-state index contributed by atoms with van der Waals surface area (Å²) in [5.41, 5.74) is 2.84. The smallest absolute Gasteiger partial charge is 0.313 e. The van der Waals surface area contributed by atoms with Gasteiger partial charge in [-0.15, -0.1) is 10.2 Å². The number of nitrogens with zero attached hydrogens (tertiary/aromatic N) is 3. The molecule has 1 aromatic rings. The Morgan fingerprint density at radius 3 is 2.31 bits per heavy atom. The summed E-state index contributed by atoms with van der Waals surface area (Å²) in [5, 5.41) is 7.19. The second-order valence-corrected chi connectivity index (χ2v) is 3.92. The topological polar surface area (TPSA) is 56.7 Å². The van der Waals surface area contributed by atoms with Gasteiger partial charge in [-0.2, -0.15) is 13.2 Å². The third-order valence-corrected chi connectivity index (χ3v) is 2.44. The molecule has 0 fully saturated rings. The van der Waals surface area contributed by atoms with E-state index in [2.05, 4.69) is 10.2 Å². The minimum atomic E-state index is -4.54. The lowest BCUT2D eigenvalue weighted by Gasteiger charge is -2.27. The molecule has 1 aromatic heterocycles. The largest absolute Gasteiger partial charge is 0.413 e. The fourth-order valence-corrected chi connectivity index (χ4v) is 1.38. The molecule has 1 unspecified atom stereocenters. The first-order valence-electron chi connectivity index (χ1n) is 4.97. The van der Waals surface area contributed by atoms with Gasteiger partial charge in [-0.25, -0.2) is 0 Å². The van der Waals surface area contributed by atoms with Gasteiger partial charge < -0.3 is 10.3 Å². The van der Waals surface area contributed by atoms with E-state index in [1.807, 2.05) is 6.92 Å². The van der Waals surface area contributed by atoms with Gasteiger partial charge in [0.15, 0.2) is 11.4 Å². The summed E-state index contributed by atoms with van der Waals surface area (Å²) in [7, 11) is 0. The summed E-state index contributed by atoms with van der Waals surface area (Å²) in [6, 6.07) is 0. The molecule has 7 heteroatoms. The highest BCUT2D eigenvalue weighted by Gasteiger charge is 2.52. The zero-order chi connectivity index (χ0) is 12.6. The molecule has 4 nitrogen and oxygen atoms in total. The van der Waals surface area contributed by atoms with Gasteiger partial charge in [0.1, 0.15) is 5.82 Å². The molecule has 92 valence electrons. The third kappa shape index (κ3) is 2.04. The van der Waals surface area contributed by atoms with Crippen LogP contribution in [0, 0.1) is 6.92 Å². The van der Waals surface area contributed by atoms with Crippen LogP contribution in [0.3, 0.4) is 0 Å². The number of hydrogen-bond donors (Lipinski definition) is 1. The molecule has 1 rings (SSSR count). The second kappa shape index (κ2) is 4.04. The Balaban J connectivity index is 3.22. The van der Waals surface area contributed by atoms with E-state index in [1.54, 1.807) is 6.92 Å². The Hall–Kier alpha value is -1.11. The van der Waals surface area contributed by atoms with E-state index in [0.29, 0.717) is 18.8 Å². The summed E-state index contributed by atoms with van der Waals surface area (Å²) < 4.78 is 39.6. The molecule has 2 N–H and O–H groups in total. The van der Waals surface area contributed by atoms with Crippen LogP contribution >= 0.6 is 0 Å². The summed E-state index contributed by atoms with van der Waals surface area (Å²) in [5.74, 6) is 0.206. The lowest BCUT2D eigenvalue weighted by atomic mass is 10.0. The molecule has 0 aliphatic rings. The number of halogens is 3. The lowest BCUT2D eigenvalue weighted by Crippen LogP contribution is -2.49. The number of alkyl halides is 3. The summed E-state index contributed by atoms with van der Waals surface area (Å²) in [6.07, 6.45) is -3.85. The molecule has 1 heterocycles. The molecule has 0 amide bonds. The van der Waals surface area contributed by atoms with Crippen molar-refractivity contribution in [1.29, 1.82) is 0 Å². The van der Waals surface area contributed by atoms with Crippen molar-refractivity contribution < 1.29 is 13.2 Å². The van der Waals surface area contributed by atoms with Gasteiger partial charge in [-0.3, -0.25) is 0 Å². The first kappa shape index (κ1) is 13.0. The van der Waals surface area contributed by atoms with Crippen molar-refractivity contribution in [1.82, 2.24) is 14.8 Å². The summed E-state index contributed by atoms with van der Waals surface area (Å²) in [6.45, 7) is 4.81. The molecule has 0 aliphatic carbocycles. The molecule has 0 bridgehead atoms. The predicted octanol–water partition coefficient (Wildman–Crippen LogP) is 1.73. The van der Waals surface area contributed by atoms with Crippen LogP contribution in [0.2, 0.25) is 0 Å². The van der Waals surface area contributed by atoms with E-state index in [-0.39, 0.29) is 5.82 Å². The molecular formula is C9H15F3N4. The molecule has 0 aromatic carbocycles. The Labute approximate surface area is 91.6 Å². The van der Waals surface area contributed by atoms with Gasteiger partial charge in [0.25, 0.3) is 0 Å². The quantitative estimate of drug-likeness (QED) is 0.869. The van der Waals surface area contributed by atoms with Gasteiger partial charge in [-0.05, 0) is 20.3 Å². The SMILES string of the molecule is CCCn1c(C)nnc1C(C)(N)C(F)(F)F. The Morgan fingerprint density at radius 2 is 1.88 bits per heavy atom. The molecule has 0 aliphatic heterocycles. The van der Waals surface area contributed by atoms with Crippen LogP contribution in [-0.4, -0.2) is 20.9 Å². The van der Waals surface area contributed by atoms with E-state index in [9.17, 15) is 13.2 Å². The highest BCUT2D eigenvalue weighted by Crippen LogP contribution is 2.35. The van der Waals surface area contributed by atoms with E-state index in [1.165, 1.54) is 4.57 Å². The molecule has 0 saturated heterocycles. The highest BCUT2D eigenvalue weighted by molar-refractivity contribution is 5.09. The first-order valence-corrected chi connectivity index (χ1v) is 4.97. The van der Waals surface area contributed by atoms with Crippen molar-refractivity contribution in [3.63, 3.8) is 0 Å². The zero-order valence-corrected chi connectivity index (χ0v) is 9.47. The first-order chi connectivity index (χ1) is 7.21. The van der Waals surface area contributed by atoms with Gasteiger partial charge in [0, 0.05) is 6.54 Å². The summed E-state index contributed by atoms with van der Waals surface area (Å²) >= 11 is 0. The maximum atomic E-state index is 12.7. The highest BCUT2D eigenvalue weighted by atomic mass is 19.4. The number of hydrogen-bond acceptors (Lipinski definition) is 3. The molecular weight excluding hydrogens is 221 g/mol. The van der Waals surface area contributed by atoms with Crippen LogP contribution < -0.4 is 5.73 Å². The van der Waals surface area contributed by atoms with Gasteiger partial charge in [-0.1, -0.05) is 6.92 Å². The van der Waals surface area contributed by atoms with Crippen LogP contribution in [0.4, 0.5) is 13.2 Å². The maximum Gasteiger partial charge on any atom is 0.413 e. The molecule has 0 saturated carbocycles. The van der Waals surface area contributed by atoms with Gasteiger partial charge >= 0.3 is 6.18 Å². The molecule has 16 heavy (non-hydrogen) atoms.